The van der Waals surface area contributed by atoms with Crippen molar-refractivity contribution in [2.45, 2.75) is 10.5 Å². The van der Waals surface area contributed by atoms with Crippen LogP contribution in [0.2, 0.25) is 0 Å². The number of oxazole rings is 1. The number of nitrogens with two attached hydrogens (primary N) is 1. The molecule has 0 spiro atoms. The molecule has 3 aromatic rings. The number of para-hydroxylation sites is 2. The van der Waals surface area contributed by atoms with Crippen LogP contribution in [-0.4, -0.2) is 11.5 Å². The maximum Gasteiger partial charge on any atom is 0.257 e. The molecule has 0 saturated carbocycles. The Kier molecular flexibility index (Phi) is 3.53. The van der Waals surface area contributed by atoms with Crippen molar-refractivity contribution in [3.63, 3.8) is 0 Å². The summed E-state index contributed by atoms with van der Waals surface area (Å²) in [6, 6.07) is 18.0. The first-order valence-corrected chi connectivity index (χ1v) is 7.02. The van der Waals surface area contributed by atoms with Gasteiger partial charge in [-0.2, -0.15) is 0 Å². The molecule has 1 unspecified atom stereocenters. The molecule has 0 amide bonds. The second-order valence-electron chi connectivity index (χ2n) is 4.20. The molecular weight excluding hydrogens is 256 g/mol. The number of nitrogens with zero attached hydrogens (tertiary/aromatic N) is 1. The van der Waals surface area contributed by atoms with E-state index in [1.54, 1.807) is 11.8 Å². The molecule has 0 radical (unpaired) electrons. The lowest BCUT2D eigenvalue weighted by molar-refractivity contribution is 0.488. The lowest BCUT2D eigenvalue weighted by Crippen LogP contribution is -2.09. The Morgan fingerprint density at radius 2 is 1.79 bits per heavy atom. The molecule has 0 bridgehead atoms. The van der Waals surface area contributed by atoms with Gasteiger partial charge in [-0.15, -0.1) is 0 Å². The fraction of sp³-hybridized carbons (Fsp3) is 0.133. The van der Waals surface area contributed by atoms with Crippen molar-refractivity contribution in [3.05, 3.63) is 60.2 Å². The topological polar surface area (TPSA) is 52.0 Å². The molecule has 19 heavy (non-hydrogen) atoms. The number of rotatable bonds is 4. The summed E-state index contributed by atoms with van der Waals surface area (Å²) >= 11 is 1.56. The fourth-order valence-electron chi connectivity index (χ4n) is 1.94. The van der Waals surface area contributed by atoms with E-state index in [1.807, 2.05) is 42.5 Å². The minimum Gasteiger partial charge on any atom is -0.431 e. The van der Waals surface area contributed by atoms with E-state index in [0.717, 1.165) is 11.1 Å². The Morgan fingerprint density at radius 3 is 2.53 bits per heavy atom. The van der Waals surface area contributed by atoms with Gasteiger partial charge in [-0.05, 0) is 17.7 Å². The molecule has 0 aliphatic heterocycles. The van der Waals surface area contributed by atoms with Crippen LogP contribution in [0.3, 0.4) is 0 Å². The first kappa shape index (κ1) is 12.3. The predicted molar refractivity (Wildman–Crippen MR) is 78.1 cm³/mol. The maximum atomic E-state index is 5.86. The van der Waals surface area contributed by atoms with Crippen molar-refractivity contribution < 1.29 is 4.42 Å². The number of fused-ring (bicyclic) bond motifs is 1. The highest BCUT2D eigenvalue weighted by Crippen LogP contribution is 2.35. The molecule has 0 aliphatic rings. The van der Waals surface area contributed by atoms with Crippen molar-refractivity contribution >= 4 is 22.9 Å². The van der Waals surface area contributed by atoms with Gasteiger partial charge >= 0.3 is 0 Å². The lowest BCUT2D eigenvalue weighted by atomic mass is 10.1. The smallest absolute Gasteiger partial charge is 0.257 e. The Hall–Kier alpha value is -1.78. The van der Waals surface area contributed by atoms with Crippen molar-refractivity contribution in [1.82, 2.24) is 4.98 Å². The van der Waals surface area contributed by atoms with E-state index in [-0.39, 0.29) is 5.25 Å². The number of thioether (sulfide) groups is 1. The number of hydrogen-bond donors (Lipinski definition) is 1. The second-order valence-corrected chi connectivity index (χ2v) is 5.35. The quantitative estimate of drug-likeness (QED) is 0.736. The summed E-state index contributed by atoms with van der Waals surface area (Å²) in [6.07, 6.45) is 0. The zero-order valence-electron chi connectivity index (χ0n) is 10.3. The first-order valence-electron chi connectivity index (χ1n) is 6.14. The number of hydrogen-bond acceptors (Lipinski definition) is 4. The van der Waals surface area contributed by atoms with Crippen LogP contribution in [0, 0.1) is 0 Å². The average Bonchev–Trinajstić information content (AvgIpc) is 2.88. The van der Waals surface area contributed by atoms with E-state index in [4.69, 9.17) is 10.2 Å². The van der Waals surface area contributed by atoms with Gasteiger partial charge in [0.25, 0.3) is 5.22 Å². The minimum atomic E-state index is 0.161. The van der Waals surface area contributed by atoms with Crippen LogP contribution >= 0.6 is 11.8 Å². The molecular formula is C15H14N2OS. The van der Waals surface area contributed by atoms with E-state index in [9.17, 15) is 0 Å². The molecule has 1 aromatic heterocycles. The van der Waals surface area contributed by atoms with E-state index >= 15 is 0 Å². The number of aromatic nitrogens is 1. The molecule has 0 aliphatic carbocycles. The second kappa shape index (κ2) is 5.47. The molecule has 3 rings (SSSR count). The molecule has 1 heterocycles. The van der Waals surface area contributed by atoms with Crippen LogP contribution in [0.4, 0.5) is 0 Å². The zero-order valence-corrected chi connectivity index (χ0v) is 11.1. The maximum absolute atomic E-state index is 5.86. The molecule has 0 saturated heterocycles. The van der Waals surface area contributed by atoms with Crippen LogP contribution in [-0.2, 0) is 0 Å². The highest BCUT2D eigenvalue weighted by atomic mass is 32.2. The fourth-order valence-corrected chi connectivity index (χ4v) is 2.86. The van der Waals surface area contributed by atoms with Gasteiger partial charge in [0.1, 0.15) is 5.52 Å². The highest BCUT2D eigenvalue weighted by molar-refractivity contribution is 7.99. The van der Waals surface area contributed by atoms with Gasteiger partial charge in [0.2, 0.25) is 0 Å². The molecule has 2 N–H and O–H groups in total. The Labute approximate surface area is 115 Å². The molecule has 0 fully saturated rings. The first-order chi connectivity index (χ1) is 9.36. The van der Waals surface area contributed by atoms with E-state index < -0.39 is 0 Å². The van der Waals surface area contributed by atoms with Gasteiger partial charge in [-0.1, -0.05) is 54.2 Å². The lowest BCUT2D eigenvalue weighted by Gasteiger charge is -2.11. The third kappa shape index (κ3) is 2.64. The molecule has 96 valence electrons. The van der Waals surface area contributed by atoms with Crippen molar-refractivity contribution in [3.8, 4) is 0 Å². The molecule has 3 nitrogen and oxygen atoms in total. The van der Waals surface area contributed by atoms with E-state index in [1.165, 1.54) is 5.56 Å². The Balaban J connectivity index is 1.86. The summed E-state index contributed by atoms with van der Waals surface area (Å²) < 4.78 is 5.72. The third-order valence-electron chi connectivity index (χ3n) is 2.90. The summed E-state index contributed by atoms with van der Waals surface area (Å²) in [4.78, 5) is 4.47. The third-order valence-corrected chi connectivity index (χ3v) is 4.03. The van der Waals surface area contributed by atoms with Gasteiger partial charge in [-0.25, -0.2) is 4.98 Å². The summed E-state index contributed by atoms with van der Waals surface area (Å²) in [5.41, 5.74) is 8.75. The Bertz CT molecular complexity index is 633. The summed E-state index contributed by atoms with van der Waals surface area (Å²) in [6.45, 7) is 0.549. The van der Waals surface area contributed by atoms with Crippen molar-refractivity contribution in [2.24, 2.45) is 5.73 Å². The summed E-state index contributed by atoms with van der Waals surface area (Å²) in [5.74, 6) is 0. The highest BCUT2D eigenvalue weighted by Gasteiger charge is 2.15. The van der Waals surface area contributed by atoms with Crippen LogP contribution in [0.1, 0.15) is 10.8 Å². The van der Waals surface area contributed by atoms with E-state index in [2.05, 4.69) is 17.1 Å². The minimum absolute atomic E-state index is 0.161. The summed E-state index contributed by atoms with van der Waals surface area (Å²) in [5, 5.41) is 0.828. The van der Waals surface area contributed by atoms with Gasteiger partial charge in [0.15, 0.2) is 5.58 Å². The molecule has 2 aromatic carbocycles. The normalized spacial score (nSPS) is 12.7. The zero-order chi connectivity index (χ0) is 13.1. The Morgan fingerprint density at radius 1 is 1.05 bits per heavy atom. The summed E-state index contributed by atoms with van der Waals surface area (Å²) in [7, 11) is 0. The van der Waals surface area contributed by atoms with Crippen LogP contribution in [0.25, 0.3) is 11.1 Å². The predicted octanol–water partition coefficient (Wildman–Crippen LogP) is 3.62. The van der Waals surface area contributed by atoms with Gasteiger partial charge in [0.05, 0.1) is 5.25 Å². The van der Waals surface area contributed by atoms with Crippen LogP contribution in [0.5, 0.6) is 0 Å². The molecule has 1 atom stereocenters. The monoisotopic (exact) mass is 270 g/mol. The van der Waals surface area contributed by atoms with Gasteiger partial charge in [-0.3, -0.25) is 0 Å². The standard InChI is InChI=1S/C15H14N2OS/c16-10-14(11-6-2-1-3-7-11)19-15-17-12-8-4-5-9-13(12)18-15/h1-9,14H,10,16H2. The van der Waals surface area contributed by atoms with Crippen molar-refractivity contribution in [2.75, 3.05) is 6.54 Å². The number of benzene rings is 2. The average molecular weight is 270 g/mol. The van der Waals surface area contributed by atoms with Gasteiger partial charge in [0, 0.05) is 6.54 Å². The largest absolute Gasteiger partial charge is 0.431 e. The SMILES string of the molecule is NCC(Sc1nc2ccccc2o1)c1ccccc1. The van der Waals surface area contributed by atoms with Crippen molar-refractivity contribution in [1.29, 1.82) is 0 Å². The van der Waals surface area contributed by atoms with Crippen LogP contribution in [0.15, 0.2) is 64.2 Å². The molecule has 4 heteroatoms. The van der Waals surface area contributed by atoms with Crippen LogP contribution < -0.4 is 5.73 Å². The van der Waals surface area contributed by atoms with Gasteiger partial charge < -0.3 is 10.2 Å². The van der Waals surface area contributed by atoms with E-state index in [0.29, 0.717) is 11.8 Å².